The summed E-state index contributed by atoms with van der Waals surface area (Å²) in [6.45, 7) is 8.60. The molecule has 0 aromatic rings. The highest BCUT2D eigenvalue weighted by atomic mass is 15.1. The third-order valence-electron chi connectivity index (χ3n) is 2.44. The second-order valence-electron chi connectivity index (χ2n) is 3.38. The van der Waals surface area contributed by atoms with Crippen molar-refractivity contribution in [2.24, 2.45) is 5.73 Å². The Morgan fingerprint density at radius 1 is 1.36 bits per heavy atom. The van der Waals surface area contributed by atoms with E-state index in [2.05, 4.69) is 18.7 Å². The molecular weight excluding hydrogens is 136 g/mol. The fourth-order valence-corrected chi connectivity index (χ4v) is 1.46. The molecule has 0 radical (unpaired) electrons. The van der Waals surface area contributed by atoms with Gasteiger partial charge in [0.2, 0.25) is 0 Å². The van der Waals surface area contributed by atoms with Crippen molar-refractivity contribution in [2.45, 2.75) is 20.3 Å². The number of hydrogen-bond donors (Lipinski definition) is 1. The van der Waals surface area contributed by atoms with Gasteiger partial charge in [-0.05, 0) is 20.3 Å². The Bertz CT molecular complexity index is 161. The summed E-state index contributed by atoms with van der Waals surface area (Å²) in [6.07, 6.45) is 1.23. The third kappa shape index (κ3) is 2.31. The Hall–Kier alpha value is -0.340. The van der Waals surface area contributed by atoms with Gasteiger partial charge in [-0.15, -0.1) is 0 Å². The van der Waals surface area contributed by atoms with Gasteiger partial charge in [-0.2, -0.15) is 0 Å². The van der Waals surface area contributed by atoms with Crippen molar-refractivity contribution in [3.63, 3.8) is 0 Å². The second-order valence-corrected chi connectivity index (χ2v) is 3.38. The first-order valence-corrected chi connectivity index (χ1v) is 4.31. The van der Waals surface area contributed by atoms with Gasteiger partial charge in [0.05, 0.1) is 0 Å². The predicted molar refractivity (Wildman–Crippen MR) is 48.5 cm³/mol. The van der Waals surface area contributed by atoms with Crippen LogP contribution in [0.1, 0.15) is 20.3 Å². The van der Waals surface area contributed by atoms with Gasteiger partial charge >= 0.3 is 0 Å². The van der Waals surface area contributed by atoms with Crippen molar-refractivity contribution in [3.8, 4) is 0 Å². The first-order valence-electron chi connectivity index (χ1n) is 4.31. The van der Waals surface area contributed by atoms with Crippen LogP contribution in [0.4, 0.5) is 0 Å². The van der Waals surface area contributed by atoms with E-state index in [1.807, 2.05) is 0 Å². The van der Waals surface area contributed by atoms with Crippen LogP contribution in [-0.4, -0.2) is 31.1 Å². The van der Waals surface area contributed by atoms with E-state index in [0.29, 0.717) is 0 Å². The molecule has 1 aliphatic heterocycles. The fourth-order valence-electron chi connectivity index (χ4n) is 1.46. The maximum absolute atomic E-state index is 5.48. The van der Waals surface area contributed by atoms with E-state index < -0.39 is 0 Å². The van der Waals surface area contributed by atoms with Crippen molar-refractivity contribution in [3.05, 3.63) is 11.1 Å². The van der Waals surface area contributed by atoms with Crippen molar-refractivity contribution >= 4 is 0 Å². The highest BCUT2D eigenvalue weighted by molar-refractivity contribution is 5.14. The fraction of sp³-hybridized carbons (Fsp3) is 0.778. The molecule has 0 aromatic heterocycles. The molecule has 0 aromatic carbocycles. The molecule has 1 rings (SSSR count). The molecule has 1 heterocycles. The quantitative estimate of drug-likeness (QED) is 0.601. The predicted octanol–water partition coefficient (Wildman–Crippen LogP) is 0.987. The van der Waals surface area contributed by atoms with E-state index >= 15 is 0 Å². The summed E-state index contributed by atoms with van der Waals surface area (Å²) in [7, 11) is 0. The highest BCUT2D eigenvalue weighted by Crippen LogP contribution is 2.15. The maximum atomic E-state index is 5.48. The summed E-state index contributed by atoms with van der Waals surface area (Å²) in [6, 6.07) is 0. The lowest BCUT2D eigenvalue weighted by Gasteiger charge is -2.27. The van der Waals surface area contributed by atoms with Crippen molar-refractivity contribution in [1.82, 2.24) is 4.90 Å². The molecule has 2 heteroatoms. The standard InChI is InChI=1S/C9H18N2/c1-8-3-5-11(6-4-10)7-9(8)2/h3-7,10H2,1-2H3. The van der Waals surface area contributed by atoms with Crippen LogP contribution in [-0.2, 0) is 0 Å². The van der Waals surface area contributed by atoms with Crippen LogP contribution in [0.15, 0.2) is 11.1 Å². The molecule has 0 saturated carbocycles. The maximum Gasteiger partial charge on any atom is 0.0193 e. The Balaban J connectivity index is 2.44. The molecule has 0 bridgehead atoms. The van der Waals surface area contributed by atoms with Crippen LogP contribution in [0.5, 0.6) is 0 Å². The molecule has 0 spiro atoms. The average Bonchev–Trinajstić information content (AvgIpc) is 1.98. The molecule has 0 aliphatic carbocycles. The summed E-state index contributed by atoms with van der Waals surface area (Å²) in [5.41, 5.74) is 8.58. The van der Waals surface area contributed by atoms with Crippen molar-refractivity contribution < 1.29 is 0 Å². The van der Waals surface area contributed by atoms with Gasteiger partial charge in [0.15, 0.2) is 0 Å². The largest absolute Gasteiger partial charge is 0.329 e. The minimum Gasteiger partial charge on any atom is -0.329 e. The molecule has 11 heavy (non-hydrogen) atoms. The Kier molecular flexibility index (Phi) is 3.09. The van der Waals surface area contributed by atoms with Gasteiger partial charge in [0.1, 0.15) is 0 Å². The van der Waals surface area contributed by atoms with E-state index in [-0.39, 0.29) is 0 Å². The van der Waals surface area contributed by atoms with Crippen LogP contribution in [0.25, 0.3) is 0 Å². The van der Waals surface area contributed by atoms with Crippen molar-refractivity contribution in [2.75, 3.05) is 26.2 Å². The summed E-state index contributed by atoms with van der Waals surface area (Å²) in [5, 5.41) is 0. The SMILES string of the molecule is CC1=C(C)CN(CCN)CC1. The Morgan fingerprint density at radius 2 is 2.09 bits per heavy atom. The zero-order valence-electron chi connectivity index (χ0n) is 7.56. The summed E-state index contributed by atoms with van der Waals surface area (Å²) in [4.78, 5) is 2.42. The lowest BCUT2D eigenvalue weighted by molar-refractivity contribution is 0.293. The number of hydrogen-bond acceptors (Lipinski definition) is 2. The number of nitrogens with zero attached hydrogens (tertiary/aromatic N) is 1. The monoisotopic (exact) mass is 154 g/mol. The number of nitrogens with two attached hydrogens (primary N) is 1. The van der Waals surface area contributed by atoms with Crippen LogP contribution in [0.3, 0.4) is 0 Å². The van der Waals surface area contributed by atoms with E-state index in [9.17, 15) is 0 Å². The average molecular weight is 154 g/mol. The summed E-state index contributed by atoms with van der Waals surface area (Å²) < 4.78 is 0. The molecule has 0 unspecified atom stereocenters. The van der Waals surface area contributed by atoms with Crippen molar-refractivity contribution in [1.29, 1.82) is 0 Å². The summed E-state index contributed by atoms with van der Waals surface area (Å²) >= 11 is 0. The van der Waals surface area contributed by atoms with E-state index in [1.165, 1.54) is 18.5 Å². The first-order chi connectivity index (χ1) is 5.24. The molecule has 2 nitrogen and oxygen atoms in total. The smallest absolute Gasteiger partial charge is 0.0193 e. The molecule has 0 saturated heterocycles. The molecule has 0 amide bonds. The van der Waals surface area contributed by atoms with Crippen LogP contribution in [0.2, 0.25) is 0 Å². The normalized spacial score (nSPS) is 21.0. The van der Waals surface area contributed by atoms with Crippen LogP contribution in [0, 0.1) is 0 Å². The molecule has 2 N–H and O–H groups in total. The Morgan fingerprint density at radius 3 is 2.64 bits per heavy atom. The zero-order valence-corrected chi connectivity index (χ0v) is 7.56. The molecule has 0 atom stereocenters. The lowest BCUT2D eigenvalue weighted by atomic mass is 10.0. The van der Waals surface area contributed by atoms with Gasteiger partial charge in [0, 0.05) is 26.2 Å². The summed E-state index contributed by atoms with van der Waals surface area (Å²) in [5.74, 6) is 0. The van der Waals surface area contributed by atoms with Gasteiger partial charge in [-0.3, -0.25) is 4.90 Å². The number of rotatable bonds is 2. The van der Waals surface area contributed by atoms with E-state index in [1.54, 1.807) is 5.57 Å². The van der Waals surface area contributed by atoms with Gasteiger partial charge < -0.3 is 5.73 Å². The first kappa shape index (κ1) is 8.75. The molecule has 64 valence electrons. The zero-order chi connectivity index (χ0) is 8.27. The van der Waals surface area contributed by atoms with E-state index in [4.69, 9.17) is 5.73 Å². The van der Waals surface area contributed by atoms with Crippen LogP contribution >= 0.6 is 0 Å². The second kappa shape index (κ2) is 3.88. The topological polar surface area (TPSA) is 29.3 Å². The minimum absolute atomic E-state index is 0.784. The lowest BCUT2D eigenvalue weighted by Crippen LogP contribution is -2.34. The Labute approximate surface area is 69.1 Å². The van der Waals surface area contributed by atoms with Crippen LogP contribution < -0.4 is 5.73 Å². The van der Waals surface area contributed by atoms with E-state index in [0.717, 1.165) is 19.6 Å². The molecule has 0 fully saturated rings. The van der Waals surface area contributed by atoms with Gasteiger partial charge in [-0.25, -0.2) is 0 Å². The third-order valence-corrected chi connectivity index (χ3v) is 2.44. The molecular formula is C9H18N2. The van der Waals surface area contributed by atoms with Gasteiger partial charge in [-0.1, -0.05) is 11.1 Å². The minimum atomic E-state index is 0.784. The molecule has 1 aliphatic rings. The van der Waals surface area contributed by atoms with Gasteiger partial charge in [0.25, 0.3) is 0 Å². The highest BCUT2D eigenvalue weighted by Gasteiger charge is 2.11.